The molecule has 0 aliphatic rings. The first-order valence-corrected chi connectivity index (χ1v) is 8.90. The van der Waals surface area contributed by atoms with Crippen LogP contribution in [0.2, 0.25) is 0 Å². The molecule has 5 heteroatoms. The summed E-state index contributed by atoms with van der Waals surface area (Å²) in [6.45, 7) is 2.01. The molecule has 1 N–H and O–H groups in total. The minimum Gasteiger partial charge on any atom is -0.493 e. The first-order chi connectivity index (χ1) is 13.1. The lowest BCUT2D eigenvalue weighted by molar-refractivity contribution is -0.117. The van der Waals surface area contributed by atoms with Crippen molar-refractivity contribution in [3.63, 3.8) is 0 Å². The molecule has 0 aliphatic carbocycles. The van der Waals surface area contributed by atoms with Crippen LogP contribution >= 0.6 is 0 Å². The lowest BCUT2D eigenvalue weighted by Gasteiger charge is -2.13. The van der Waals surface area contributed by atoms with Gasteiger partial charge >= 0.3 is 0 Å². The molecule has 2 aromatic carbocycles. The molecule has 0 saturated heterocycles. The molecule has 27 heavy (non-hydrogen) atoms. The maximum absolute atomic E-state index is 12.2. The Balaban J connectivity index is 1.95. The Labute approximate surface area is 161 Å². The van der Waals surface area contributed by atoms with Crippen molar-refractivity contribution in [2.75, 3.05) is 21.3 Å². The number of benzene rings is 2. The average Bonchev–Trinajstić information content (AvgIpc) is 2.70. The Morgan fingerprint density at radius 2 is 1.67 bits per heavy atom. The summed E-state index contributed by atoms with van der Waals surface area (Å²) in [7, 11) is 4.68. The van der Waals surface area contributed by atoms with Gasteiger partial charge in [-0.1, -0.05) is 30.3 Å². The molecule has 1 atom stereocenters. The second kappa shape index (κ2) is 10.3. The van der Waals surface area contributed by atoms with E-state index in [0.29, 0.717) is 17.2 Å². The van der Waals surface area contributed by atoms with Crippen LogP contribution in [0.15, 0.2) is 48.5 Å². The van der Waals surface area contributed by atoms with Gasteiger partial charge in [-0.05, 0) is 49.1 Å². The topological polar surface area (TPSA) is 56.8 Å². The van der Waals surface area contributed by atoms with Gasteiger partial charge in [0.15, 0.2) is 11.5 Å². The van der Waals surface area contributed by atoms with Crippen molar-refractivity contribution in [1.82, 2.24) is 5.32 Å². The summed E-state index contributed by atoms with van der Waals surface area (Å²) in [5.74, 6) is 1.49. The van der Waals surface area contributed by atoms with E-state index in [2.05, 4.69) is 17.4 Å². The van der Waals surface area contributed by atoms with Crippen LogP contribution in [0.3, 0.4) is 0 Å². The van der Waals surface area contributed by atoms with Crippen LogP contribution < -0.4 is 19.5 Å². The van der Waals surface area contributed by atoms with Gasteiger partial charge in [0.05, 0.1) is 21.3 Å². The summed E-state index contributed by atoms with van der Waals surface area (Å²) < 4.78 is 16.0. The van der Waals surface area contributed by atoms with Crippen molar-refractivity contribution in [2.24, 2.45) is 0 Å². The molecule has 1 unspecified atom stereocenters. The summed E-state index contributed by atoms with van der Waals surface area (Å²) in [6.07, 6.45) is 5.05. The van der Waals surface area contributed by atoms with Crippen molar-refractivity contribution in [3.8, 4) is 17.2 Å². The number of hydrogen-bond acceptors (Lipinski definition) is 4. The maximum atomic E-state index is 12.2. The van der Waals surface area contributed by atoms with Gasteiger partial charge in [0.1, 0.15) is 0 Å². The van der Waals surface area contributed by atoms with E-state index >= 15 is 0 Å². The number of amides is 1. The molecule has 1 amide bonds. The minimum atomic E-state index is -0.135. The van der Waals surface area contributed by atoms with Crippen LogP contribution in [0.1, 0.15) is 24.5 Å². The van der Waals surface area contributed by atoms with E-state index in [1.165, 1.54) is 11.6 Å². The highest BCUT2D eigenvalue weighted by Crippen LogP contribution is 2.38. The van der Waals surface area contributed by atoms with E-state index < -0.39 is 0 Å². The zero-order valence-electron chi connectivity index (χ0n) is 16.3. The number of methoxy groups -OCH3 is 3. The molecular formula is C22H27NO4. The molecule has 2 aromatic rings. The predicted octanol–water partition coefficient (Wildman–Crippen LogP) is 3.86. The van der Waals surface area contributed by atoms with Crippen molar-refractivity contribution >= 4 is 12.0 Å². The van der Waals surface area contributed by atoms with Gasteiger partial charge in [-0.3, -0.25) is 4.79 Å². The zero-order valence-corrected chi connectivity index (χ0v) is 16.3. The number of rotatable bonds is 9. The zero-order chi connectivity index (χ0) is 19.6. The SMILES string of the molecule is COc1cc(/C=C/C(=O)NC(C)CCc2ccccc2)cc(OC)c1OC. The van der Waals surface area contributed by atoms with E-state index in [1.807, 2.05) is 25.1 Å². The van der Waals surface area contributed by atoms with Crippen molar-refractivity contribution in [1.29, 1.82) is 0 Å². The Morgan fingerprint density at radius 1 is 1.04 bits per heavy atom. The molecule has 144 valence electrons. The predicted molar refractivity (Wildman–Crippen MR) is 107 cm³/mol. The van der Waals surface area contributed by atoms with Gasteiger partial charge < -0.3 is 19.5 Å². The molecule has 5 nitrogen and oxygen atoms in total. The smallest absolute Gasteiger partial charge is 0.244 e. The molecule has 0 bridgehead atoms. The molecule has 0 spiro atoms. The fourth-order valence-electron chi connectivity index (χ4n) is 2.76. The Hall–Kier alpha value is -2.95. The third kappa shape index (κ3) is 6.06. The van der Waals surface area contributed by atoms with E-state index in [4.69, 9.17) is 14.2 Å². The largest absolute Gasteiger partial charge is 0.493 e. The molecule has 2 rings (SSSR count). The third-order valence-corrected chi connectivity index (χ3v) is 4.21. The number of nitrogens with one attached hydrogen (secondary N) is 1. The monoisotopic (exact) mass is 369 g/mol. The van der Waals surface area contributed by atoms with Gasteiger partial charge in [0.2, 0.25) is 11.7 Å². The number of carbonyl (C=O) groups excluding carboxylic acids is 1. The van der Waals surface area contributed by atoms with Gasteiger partial charge in [-0.2, -0.15) is 0 Å². The quantitative estimate of drug-likeness (QED) is 0.682. The fraction of sp³-hybridized carbons (Fsp3) is 0.318. The number of carbonyl (C=O) groups is 1. The maximum Gasteiger partial charge on any atom is 0.244 e. The molecule has 0 saturated carbocycles. The second-order valence-electron chi connectivity index (χ2n) is 6.23. The number of aryl methyl sites for hydroxylation is 1. The molecule has 0 aromatic heterocycles. The van der Waals surface area contributed by atoms with Crippen LogP contribution in [-0.4, -0.2) is 33.3 Å². The van der Waals surface area contributed by atoms with Gasteiger partial charge in [-0.25, -0.2) is 0 Å². The van der Waals surface area contributed by atoms with Gasteiger partial charge in [0, 0.05) is 12.1 Å². The standard InChI is InChI=1S/C22H27NO4/c1-16(10-11-17-8-6-5-7-9-17)23-21(24)13-12-18-14-19(25-2)22(27-4)20(15-18)26-3/h5-9,12-16H,10-11H2,1-4H3,(H,23,24)/b13-12+. The minimum absolute atomic E-state index is 0.0855. The Bertz CT molecular complexity index is 746. The van der Waals surface area contributed by atoms with E-state index in [9.17, 15) is 4.79 Å². The lowest BCUT2D eigenvalue weighted by Crippen LogP contribution is -2.31. The van der Waals surface area contributed by atoms with Gasteiger partial charge in [0.25, 0.3) is 0 Å². The van der Waals surface area contributed by atoms with Crippen LogP contribution in [-0.2, 0) is 11.2 Å². The Morgan fingerprint density at radius 3 is 2.22 bits per heavy atom. The third-order valence-electron chi connectivity index (χ3n) is 4.21. The highest BCUT2D eigenvalue weighted by Gasteiger charge is 2.12. The van der Waals surface area contributed by atoms with Crippen molar-refractivity contribution in [3.05, 3.63) is 59.7 Å². The first-order valence-electron chi connectivity index (χ1n) is 8.90. The van der Waals surface area contributed by atoms with E-state index in [1.54, 1.807) is 39.5 Å². The number of ether oxygens (including phenoxy) is 3. The van der Waals surface area contributed by atoms with Crippen LogP contribution in [0.4, 0.5) is 0 Å². The Kier molecular flexibility index (Phi) is 7.74. The van der Waals surface area contributed by atoms with Crippen LogP contribution in [0.5, 0.6) is 17.2 Å². The summed E-state index contributed by atoms with van der Waals surface area (Å²) in [5.41, 5.74) is 2.06. The molecule has 0 radical (unpaired) electrons. The second-order valence-corrected chi connectivity index (χ2v) is 6.23. The van der Waals surface area contributed by atoms with Crippen LogP contribution in [0, 0.1) is 0 Å². The molecular weight excluding hydrogens is 342 g/mol. The molecule has 0 heterocycles. The highest BCUT2D eigenvalue weighted by atomic mass is 16.5. The first kappa shape index (κ1) is 20.4. The van der Waals surface area contributed by atoms with Crippen molar-refractivity contribution in [2.45, 2.75) is 25.8 Å². The van der Waals surface area contributed by atoms with Crippen molar-refractivity contribution < 1.29 is 19.0 Å². The average molecular weight is 369 g/mol. The van der Waals surface area contributed by atoms with Crippen LogP contribution in [0.25, 0.3) is 6.08 Å². The molecule has 0 fully saturated rings. The fourth-order valence-corrected chi connectivity index (χ4v) is 2.76. The highest BCUT2D eigenvalue weighted by molar-refractivity contribution is 5.92. The van der Waals surface area contributed by atoms with E-state index in [0.717, 1.165) is 18.4 Å². The summed E-state index contributed by atoms with van der Waals surface area (Å²) in [5, 5.41) is 2.99. The van der Waals surface area contributed by atoms with Gasteiger partial charge in [-0.15, -0.1) is 0 Å². The molecule has 0 aliphatic heterocycles. The van der Waals surface area contributed by atoms with E-state index in [-0.39, 0.29) is 11.9 Å². The number of hydrogen-bond donors (Lipinski definition) is 1. The lowest BCUT2D eigenvalue weighted by atomic mass is 10.1. The summed E-state index contributed by atoms with van der Waals surface area (Å²) >= 11 is 0. The normalized spacial score (nSPS) is 11.9. The summed E-state index contributed by atoms with van der Waals surface area (Å²) in [6, 6.07) is 13.9. The summed E-state index contributed by atoms with van der Waals surface area (Å²) in [4.78, 5) is 12.2.